The monoisotopic (exact) mass is 422 g/mol. The van der Waals surface area contributed by atoms with Gasteiger partial charge in [0.1, 0.15) is 0 Å². The Morgan fingerprint density at radius 1 is 1.00 bits per heavy atom. The molecule has 3 rings (SSSR count). The Labute approximate surface area is 181 Å². The minimum Gasteiger partial charge on any atom is -0.452 e. The van der Waals surface area contributed by atoms with Crippen LogP contribution in [0.5, 0.6) is 0 Å². The molecule has 0 atom stereocenters. The number of ether oxygens (including phenoxy) is 1. The quantitative estimate of drug-likeness (QED) is 0.521. The topological polar surface area (TPSA) is 92.8 Å². The Hall–Kier alpha value is -3.48. The van der Waals surface area contributed by atoms with Gasteiger partial charge in [0.2, 0.25) is 5.91 Å². The molecule has 0 spiro atoms. The van der Waals surface area contributed by atoms with E-state index in [1.54, 1.807) is 30.3 Å². The van der Waals surface area contributed by atoms with E-state index in [0.29, 0.717) is 5.56 Å². The summed E-state index contributed by atoms with van der Waals surface area (Å²) in [5.74, 6) is -1.81. The molecule has 1 aliphatic rings. The van der Waals surface area contributed by atoms with Crippen molar-refractivity contribution < 1.29 is 23.9 Å². The van der Waals surface area contributed by atoms with Crippen molar-refractivity contribution in [3.05, 3.63) is 70.3 Å². The number of esters is 1. The first-order chi connectivity index (χ1) is 14.8. The molecule has 1 fully saturated rings. The number of likely N-dealkylation sites (N-methyl/N-ethyl adjacent to an activating group) is 1. The van der Waals surface area contributed by atoms with Crippen LogP contribution in [0.15, 0.2) is 42.5 Å². The number of nitrogens with zero attached hydrogens (tertiary/aromatic N) is 1. The molecule has 0 saturated heterocycles. The first-order valence-electron chi connectivity index (χ1n) is 10.2. The molecule has 2 aromatic rings. The van der Waals surface area contributed by atoms with Gasteiger partial charge in [-0.3, -0.25) is 14.4 Å². The number of ketones is 1. The van der Waals surface area contributed by atoms with E-state index in [1.807, 2.05) is 19.9 Å². The largest absolute Gasteiger partial charge is 0.452 e. The Balaban J connectivity index is 1.64. The lowest BCUT2D eigenvalue weighted by molar-refractivity contribution is -0.137. The third-order valence-corrected chi connectivity index (χ3v) is 5.24. The SMILES string of the molecule is Cc1ccc(C(=O)c2ccccc2C(=O)OCC(=O)N(C)CC(=O)NC2CC2)cc1C. The highest BCUT2D eigenvalue weighted by atomic mass is 16.5. The number of benzene rings is 2. The molecule has 2 aromatic carbocycles. The van der Waals surface area contributed by atoms with Crippen LogP contribution in [-0.4, -0.2) is 54.7 Å². The fraction of sp³-hybridized carbons (Fsp3) is 0.333. The van der Waals surface area contributed by atoms with Crippen molar-refractivity contribution in [1.82, 2.24) is 10.2 Å². The molecule has 0 unspecified atom stereocenters. The Kier molecular flexibility index (Phi) is 6.84. The third-order valence-electron chi connectivity index (χ3n) is 5.24. The average molecular weight is 422 g/mol. The first-order valence-corrected chi connectivity index (χ1v) is 10.2. The molecular weight excluding hydrogens is 396 g/mol. The summed E-state index contributed by atoms with van der Waals surface area (Å²) in [6.07, 6.45) is 1.92. The highest BCUT2D eigenvalue weighted by Gasteiger charge is 2.25. The number of hydrogen-bond acceptors (Lipinski definition) is 5. The van der Waals surface area contributed by atoms with E-state index in [-0.39, 0.29) is 35.4 Å². The van der Waals surface area contributed by atoms with E-state index >= 15 is 0 Å². The Bertz CT molecular complexity index is 1030. The summed E-state index contributed by atoms with van der Waals surface area (Å²) < 4.78 is 5.14. The molecule has 2 amide bonds. The highest BCUT2D eigenvalue weighted by Crippen LogP contribution is 2.19. The number of carbonyl (C=O) groups excluding carboxylic acids is 4. The van der Waals surface area contributed by atoms with E-state index in [2.05, 4.69) is 5.32 Å². The van der Waals surface area contributed by atoms with Crippen molar-refractivity contribution in [2.24, 2.45) is 0 Å². The summed E-state index contributed by atoms with van der Waals surface area (Å²) in [5, 5.41) is 2.80. The molecule has 0 aliphatic heterocycles. The molecule has 31 heavy (non-hydrogen) atoms. The zero-order chi connectivity index (χ0) is 22.5. The van der Waals surface area contributed by atoms with Gasteiger partial charge >= 0.3 is 5.97 Å². The molecule has 162 valence electrons. The molecule has 0 aromatic heterocycles. The van der Waals surface area contributed by atoms with Crippen molar-refractivity contribution >= 4 is 23.6 Å². The van der Waals surface area contributed by atoms with Gasteiger partial charge < -0.3 is 15.0 Å². The molecule has 0 bridgehead atoms. The Morgan fingerprint density at radius 2 is 1.68 bits per heavy atom. The van der Waals surface area contributed by atoms with Crippen molar-refractivity contribution in [2.45, 2.75) is 32.7 Å². The summed E-state index contributed by atoms with van der Waals surface area (Å²) in [5.41, 5.74) is 2.82. The first kappa shape index (κ1) is 22.2. The van der Waals surface area contributed by atoms with Crippen LogP contribution in [0.3, 0.4) is 0 Å². The van der Waals surface area contributed by atoms with Gasteiger partial charge in [-0.1, -0.05) is 30.3 Å². The molecular formula is C24H26N2O5. The molecule has 0 radical (unpaired) electrons. The standard InChI is InChI=1S/C24H26N2O5/c1-15-8-9-17(12-16(15)2)23(29)19-6-4-5-7-20(19)24(30)31-14-22(28)26(3)13-21(27)25-18-10-11-18/h4-9,12,18H,10-11,13-14H2,1-3H3,(H,25,27). The van der Waals surface area contributed by atoms with Crippen LogP contribution < -0.4 is 5.32 Å². The summed E-state index contributed by atoms with van der Waals surface area (Å²) in [7, 11) is 1.47. The van der Waals surface area contributed by atoms with Gasteiger partial charge in [-0.05, 0) is 49.9 Å². The van der Waals surface area contributed by atoms with Crippen molar-refractivity contribution in [3.8, 4) is 0 Å². The van der Waals surface area contributed by atoms with E-state index in [0.717, 1.165) is 24.0 Å². The number of aryl methyl sites for hydroxylation is 2. The van der Waals surface area contributed by atoms with Gasteiger partial charge in [0.15, 0.2) is 12.4 Å². The van der Waals surface area contributed by atoms with Gasteiger partial charge in [-0.25, -0.2) is 4.79 Å². The maximum Gasteiger partial charge on any atom is 0.339 e. The molecule has 0 heterocycles. The summed E-state index contributed by atoms with van der Waals surface area (Å²) in [6.45, 7) is 3.25. The predicted molar refractivity (Wildman–Crippen MR) is 115 cm³/mol. The number of nitrogens with one attached hydrogen (secondary N) is 1. The van der Waals surface area contributed by atoms with Crippen LogP contribution >= 0.6 is 0 Å². The second-order valence-corrected chi connectivity index (χ2v) is 7.84. The fourth-order valence-corrected chi connectivity index (χ4v) is 3.02. The average Bonchev–Trinajstić information content (AvgIpc) is 3.56. The number of rotatable bonds is 8. The lowest BCUT2D eigenvalue weighted by atomic mass is 9.96. The van der Waals surface area contributed by atoms with Gasteiger partial charge in [-0.15, -0.1) is 0 Å². The van der Waals surface area contributed by atoms with Crippen LogP contribution in [0.4, 0.5) is 0 Å². The van der Waals surface area contributed by atoms with Crippen LogP contribution in [-0.2, 0) is 14.3 Å². The minimum absolute atomic E-state index is 0.0904. The molecule has 1 saturated carbocycles. The molecule has 7 heteroatoms. The van der Waals surface area contributed by atoms with Crippen molar-refractivity contribution in [1.29, 1.82) is 0 Å². The molecule has 1 aliphatic carbocycles. The highest BCUT2D eigenvalue weighted by molar-refractivity contribution is 6.14. The number of carbonyl (C=O) groups is 4. The van der Waals surface area contributed by atoms with E-state index < -0.39 is 18.5 Å². The zero-order valence-corrected chi connectivity index (χ0v) is 17.9. The van der Waals surface area contributed by atoms with E-state index in [1.165, 1.54) is 18.0 Å². The number of amides is 2. The summed E-state index contributed by atoms with van der Waals surface area (Å²) in [6, 6.07) is 11.9. The lowest BCUT2D eigenvalue weighted by Gasteiger charge is -2.17. The second kappa shape index (κ2) is 9.55. The number of hydrogen-bond donors (Lipinski definition) is 1. The van der Waals surface area contributed by atoms with E-state index in [4.69, 9.17) is 4.74 Å². The van der Waals surface area contributed by atoms with Crippen molar-refractivity contribution in [3.63, 3.8) is 0 Å². The van der Waals surface area contributed by atoms with Crippen LogP contribution in [0.25, 0.3) is 0 Å². The minimum atomic E-state index is -0.767. The third kappa shape index (κ3) is 5.78. The van der Waals surface area contributed by atoms with E-state index in [9.17, 15) is 19.2 Å². The molecule has 7 nitrogen and oxygen atoms in total. The fourth-order valence-electron chi connectivity index (χ4n) is 3.02. The summed E-state index contributed by atoms with van der Waals surface area (Å²) >= 11 is 0. The lowest BCUT2D eigenvalue weighted by Crippen LogP contribution is -2.40. The van der Waals surface area contributed by atoms with Crippen LogP contribution in [0.2, 0.25) is 0 Å². The maximum atomic E-state index is 13.0. The van der Waals surface area contributed by atoms with Gasteiger partial charge in [0, 0.05) is 24.2 Å². The zero-order valence-electron chi connectivity index (χ0n) is 17.9. The summed E-state index contributed by atoms with van der Waals surface area (Å²) in [4.78, 5) is 50.8. The van der Waals surface area contributed by atoms with Crippen LogP contribution in [0, 0.1) is 13.8 Å². The molecule has 1 N–H and O–H groups in total. The van der Waals surface area contributed by atoms with Gasteiger partial charge in [0.25, 0.3) is 5.91 Å². The maximum absolute atomic E-state index is 13.0. The predicted octanol–water partition coefficient (Wildman–Crippen LogP) is 2.43. The smallest absolute Gasteiger partial charge is 0.339 e. The van der Waals surface area contributed by atoms with Crippen molar-refractivity contribution in [2.75, 3.05) is 20.2 Å². The normalized spacial score (nSPS) is 12.7. The van der Waals surface area contributed by atoms with Gasteiger partial charge in [-0.2, -0.15) is 0 Å². The van der Waals surface area contributed by atoms with Crippen LogP contribution in [0.1, 0.15) is 50.2 Å². The second-order valence-electron chi connectivity index (χ2n) is 7.84. The Morgan fingerprint density at radius 3 is 2.32 bits per heavy atom. The van der Waals surface area contributed by atoms with Gasteiger partial charge in [0.05, 0.1) is 12.1 Å².